The number of hydrogen-bond acceptors (Lipinski definition) is 10. The molecular weight excluding hydrogens is 737 g/mol. The first kappa shape index (κ1) is 38.6. The van der Waals surface area contributed by atoms with Crippen molar-refractivity contribution in [2.75, 3.05) is 41.1 Å². The third-order valence-corrected chi connectivity index (χ3v) is 11.9. The second-order valence-electron chi connectivity index (χ2n) is 15.3. The second kappa shape index (κ2) is 16.0. The summed E-state index contributed by atoms with van der Waals surface area (Å²) in [4.78, 5) is 45.3. The summed E-state index contributed by atoms with van der Waals surface area (Å²) in [5.41, 5.74) is 1.74. The zero-order valence-electron chi connectivity index (χ0n) is 32.2. The molecule has 0 radical (unpaired) electrons. The van der Waals surface area contributed by atoms with Gasteiger partial charge in [-0.2, -0.15) is 0 Å². The number of aliphatic hydroxyl groups is 2. The Labute approximate surface area is 336 Å². The van der Waals surface area contributed by atoms with E-state index in [1.54, 1.807) is 23.9 Å². The fraction of sp³-hybridized carbons (Fsp3) is 0.318. The van der Waals surface area contributed by atoms with Gasteiger partial charge in [0, 0.05) is 47.7 Å². The normalized spacial score (nSPS) is 19.9. The molecule has 0 saturated carbocycles. The maximum absolute atomic E-state index is 14.3. The second-order valence-corrected chi connectivity index (χ2v) is 15.3. The fourth-order valence-electron chi connectivity index (χ4n) is 8.62. The van der Waals surface area contributed by atoms with E-state index in [9.17, 15) is 29.9 Å². The van der Waals surface area contributed by atoms with E-state index in [4.69, 9.17) is 0 Å². The number of anilines is 3. The van der Waals surface area contributed by atoms with Crippen LogP contribution in [-0.2, 0) is 28.3 Å². The Balaban J connectivity index is 0.982. The van der Waals surface area contributed by atoms with Crippen LogP contribution < -0.4 is 20.0 Å². The van der Waals surface area contributed by atoms with Gasteiger partial charge < -0.3 is 25.3 Å². The van der Waals surface area contributed by atoms with Crippen molar-refractivity contribution in [2.45, 2.75) is 56.3 Å². The number of carbonyl (C=O) groups is 2. The summed E-state index contributed by atoms with van der Waals surface area (Å²) in [6.45, 7) is 4.10. The Morgan fingerprint density at radius 3 is 2.33 bits per heavy atom. The average Bonchev–Trinajstić information content (AvgIpc) is 3.89. The third kappa shape index (κ3) is 6.93. The van der Waals surface area contributed by atoms with Crippen molar-refractivity contribution in [3.05, 3.63) is 154 Å². The van der Waals surface area contributed by atoms with Crippen LogP contribution in [0.1, 0.15) is 54.5 Å². The number of aromatic nitrogens is 3. The van der Waals surface area contributed by atoms with E-state index in [0.29, 0.717) is 43.9 Å². The highest BCUT2D eigenvalue weighted by molar-refractivity contribution is 6.08. The zero-order valence-corrected chi connectivity index (χ0v) is 32.2. The monoisotopic (exact) mass is 782 g/mol. The van der Waals surface area contributed by atoms with Crippen molar-refractivity contribution >= 4 is 34.6 Å². The summed E-state index contributed by atoms with van der Waals surface area (Å²) >= 11 is 0. The van der Waals surface area contributed by atoms with Gasteiger partial charge in [0.1, 0.15) is 5.54 Å². The van der Waals surface area contributed by atoms with E-state index in [1.165, 1.54) is 23.1 Å². The Kier molecular flexibility index (Phi) is 10.6. The number of allylic oxidation sites excluding steroid dienone is 1. The summed E-state index contributed by atoms with van der Waals surface area (Å²) < 4.78 is 1.68. The predicted molar refractivity (Wildman–Crippen MR) is 219 cm³/mol. The number of nitrogens with one attached hydrogen (secondary N) is 1. The molecule has 14 heteroatoms. The molecule has 298 valence electrons. The number of benzene rings is 4. The van der Waals surface area contributed by atoms with Gasteiger partial charge in [0.05, 0.1) is 42.0 Å². The van der Waals surface area contributed by atoms with E-state index in [0.717, 1.165) is 35.6 Å². The molecule has 1 aromatic heterocycles. The highest BCUT2D eigenvalue weighted by Crippen LogP contribution is 2.47. The van der Waals surface area contributed by atoms with Crippen molar-refractivity contribution in [3.8, 4) is 0 Å². The number of rotatable bonds is 13. The molecule has 3 aliphatic rings. The number of aryl methyl sites for hydroxylation is 1. The maximum atomic E-state index is 14.3. The highest BCUT2D eigenvalue weighted by Gasteiger charge is 2.54. The molecule has 5 aromatic rings. The molecule has 4 heterocycles. The zero-order chi connectivity index (χ0) is 40.4. The number of carbonyl (C=O) groups excluding carboxylic acids is 2. The molecule has 58 heavy (non-hydrogen) atoms. The number of piperidine rings is 1. The number of para-hydroxylation sites is 1. The van der Waals surface area contributed by atoms with Gasteiger partial charge in [-0.15, -0.1) is 5.10 Å². The van der Waals surface area contributed by atoms with Crippen molar-refractivity contribution in [1.29, 1.82) is 0 Å². The molecule has 3 N–H and O–H groups in total. The summed E-state index contributed by atoms with van der Waals surface area (Å²) in [5, 5.41) is 46.0. The van der Waals surface area contributed by atoms with Crippen molar-refractivity contribution < 1.29 is 24.7 Å². The van der Waals surface area contributed by atoms with Gasteiger partial charge in [0.2, 0.25) is 0 Å². The lowest BCUT2D eigenvalue weighted by Gasteiger charge is -2.39. The molecule has 2 saturated heterocycles. The third-order valence-electron chi connectivity index (χ3n) is 11.9. The smallest absolute Gasteiger partial charge is 0.269 e. The Morgan fingerprint density at radius 2 is 1.64 bits per heavy atom. The number of nitro benzene ring substituents is 1. The SMILES string of the molecule is C[C@@H](/C=C/CCn1cc(C(CO)c2ccccc2)nn1)[C@]1(O)C(=O)N(Cc2ccc(N3CN(c4ccccc4)C4(CCNCC4)C3=O)cc2)c2ccc([N+](=O)[O-])cc21. The largest absolute Gasteiger partial charge is 0.395 e. The van der Waals surface area contributed by atoms with Gasteiger partial charge in [-0.05, 0) is 73.8 Å². The molecule has 0 bridgehead atoms. The van der Waals surface area contributed by atoms with Crippen molar-refractivity contribution in [3.63, 3.8) is 0 Å². The number of non-ortho nitro benzene ring substituents is 1. The first-order valence-electron chi connectivity index (χ1n) is 19.6. The van der Waals surface area contributed by atoms with Crippen LogP contribution >= 0.6 is 0 Å². The molecule has 4 aromatic carbocycles. The van der Waals surface area contributed by atoms with Gasteiger partial charge in [-0.3, -0.25) is 29.3 Å². The van der Waals surface area contributed by atoms with Crippen LogP contribution in [0.3, 0.4) is 0 Å². The molecule has 1 unspecified atom stereocenters. The Morgan fingerprint density at radius 1 is 0.931 bits per heavy atom. The van der Waals surface area contributed by atoms with E-state index in [1.807, 2.05) is 95.9 Å². The lowest BCUT2D eigenvalue weighted by molar-refractivity contribution is -0.385. The fourth-order valence-corrected chi connectivity index (χ4v) is 8.62. The average molecular weight is 783 g/mol. The predicted octanol–water partition coefficient (Wildman–Crippen LogP) is 5.26. The maximum Gasteiger partial charge on any atom is 0.269 e. The van der Waals surface area contributed by atoms with Crippen molar-refractivity contribution in [2.24, 2.45) is 5.92 Å². The summed E-state index contributed by atoms with van der Waals surface area (Å²) in [6, 6.07) is 31.3. The Hall–Kier alpha value is -6.22. The molecule has 3 aliphatic heterocycles. The molecule has 2 amide bonds. The van der Waals surface area contributed by atoms with Gasteiger partial charge in [0.15, 0.2) is 5.60 Å². The quantitative estimate of drug-likeness (QED) is 0.0814. The van der Waals surface area contributed by atoms with Gasteiger partial charge in [0.25, 0.3) is 17.5 Å². The van der Waals surface area contributed by atoms with Crippen LogP contribution in [0.15, 0.2) is 121 Å². The highest BCUT2D eigenvalue weighted by atomic mass is 16.6. The lowest BCUT2D eigenvalue weighted by Crippen LogP contribution is -2.55. The van der Waals surface area contributed by atoms with Crippen LogP contribution in [0, 0.1) is 16.0 Å². The molecule has 3 atom stereocenters. The first-order valence-corrected chi connectivity index (χ1v) is 19.6. The van der Waals surface area contributed by atoms with Gasteiger partial charge >= 0.3 is 0 Å². The van der Waals surface area contributed by atoms with E-state index < -0.39 is 27.9 Å². The molecule has 0 aliphatic carbocycles. The number of nitrogens with zero attached hydrogens (tertiary/aromatic N) is 7. The summed E-state index contributed by atoms with van der Waals surface area (Å²) in [6.07, 6.45) is 7.30. The minimum absolute atomic E-state index is 0.0624. The summed E-state index contributed by atoms with van der Waals surface area (Å²) in [7, 11) is 0. The van der Waals surface area contributed by atoms with Crippen LogP contribution in [0.2, 0.25) is 0 Å². The van der Waals surface area contributed by atoms with Gasteiger partial charge in [-0.25, -0.2) is 0 Å². The number of aliphatic hydroxyl groups excluding tert-OH is 1. The molecular formula is C44H46N8O6. The van der Waals surface area contributed by atoms with E-state index >= 15 is 0 Å². The Bertz CT molecular complexity index is 2310. The molecule has 14 nitrogen and oxygen atoms in total. The van der Waals surface area contributed by atoms with Crippen LogP contribution in [0.25, 0.3) is 0 Å². The van der Waals surface area contributed by atoms with Crippen LogP contribution in [-0.4, -0.2) is 73.8 Å². The number of fused-ring (bicyclic) bond motifs is 1. The first-order chi connectivity index (χ1) is 28.1. The number of hydrogen-bond donors (Lipinski definition) is 3. The number of nitro groups is 1. The van der Waals surface area contributed by atoms with E-state index in [-0.39, 0.29) is 36.2 Å². The lowest BCUT2D eigenvalue weighted by atomic mass is 9.82. The minimum Gasteiger partial charge on any atom is -0.395 e. The van der Waals surface area contributed by atoms with Crippen LogP contribution in [0.5, 0.6) is 0 Å². The standard InChI is InChI=1S/C44H46N8O6/c1-31(10-8-9-25-48-28-39(46-47-48)37(29-53)33-11-4-2-5-12-33)44(56)38-26-36(52(57)58)19-20-40(38)49(42(44)55)27-32-15-17-34(18-16-32)50-30-51(35-13-6-3-7-14-35)43(41(50)54)21-23-45-24-22-43/h2-8,10-20,26,28,31,37,45,53,56H,9,21-25,27,29-30H2,1H3/b10-8+/t31-,37?,44+/m0/s1. The minimum atomic E-state index is -2.06. The summed E-state index contributed by atoms with van der Waals surface area (Å²) in [5.74, 6) is -1.56. The molecule has 1 spiro atoms. The topological polar surface area (TPSA) is 170 Å². The van der Waals surface area contributed by atoms with E-state index in [2.05, 4.69) is 20.5 Å². The van der Waals surface area contributed by atoms with Crippen molar-refractivity contribution in [1.82, 2.24) is 20.3 Å². The molecule has 2 fully saturated rings. The van der Waals surface area contributed by atoms with Gasteiger partial charge in [-0.1, -0.05) is 85.0 Å². The number of amides is 2. The molecule has 8 rings (SSSR count). The van der Waals surface area contributed by atoms with Crippen LogP contribution in [0.4, 0.5) is 22.7 Å².